The highest BCUT2D eigenvalue weighted by molar-refractivity contribution is 14.1. The molecule has 154 valence electrons. The van der Waals surface area contributed by atoms with Crippen molar-refractivity contribution in [3.05, 3.63) is 0 Å². The molecule has 2 aliphatic rings. The largest absolute Gasteiger partial charge is 0.356 e. The molecule has 0 aromatic carbocycles. The van der Waals surface area contributed by atoms with E-state index in [0.717, 1.165) is 63.8 Å². The van der Waals surface area contributed by atoms with Crippen LogP contribution in [0.2, 0.25) is 0 Å². The summed E-state index contributed by atoms with van der Waals surface area (Å²) in [5.41, 5.74) is 0. The number of urea groups is 1. The molecule has 2 saturated heterocycles. The normalized spacial score (nSPS) is 23.4. The summed E-state index contributed by atoms with van der Waals surface area (Å²) < 4.78 is 0.512. The first-order valence-corrected chi connectivity index (χ1v) is 12.5. The smallest absolute Gasteiger partial charge is 0.315 e. The number of carbonyl (C=O) groups excluding carboxylic acids is 3. The predicted octanol–water partition coefficient (Wildman–Crippen LogP) is 1.94. The molecule has 2 aliphatic heterocycles. The van der Waals surface area contributed by atoms with Crippen LogP contribution in [0, 0.1) is 0 Å². The van der Waals surface area contributed by atoms with Gasteiger partial charge in [0.25, 0.3) is 0 Å². The van der Waals surface area contributed by atoms with Gasteiger partial charge in [-0.2, -0.15) is 11.8 Å². The van der Waals surface area contributed by atoms with Gasteiger partial charge in [-0.3, -0.25) is 9.59 Å². The fraction of sp³-hybridized carbons (Fsp3) is 0.833. The van der Waals surface area contributed by atoms with Gasteiger partial charge in [0.15, 0.2) is 0 Å². The number of hydrogen-bond acceptors (Lipinski definition) is 4. The van der Waals surface area contributed by atoms with Crippen molar-refractivity contribution in [3.63, 3.8) is 0 Å². The van der Waals surface area contributed by atoms with E-state index in [2.05, 4.69) is 43.9 Å². The summed E-state index contributed by atoms with van der Waals surface area (Å²) in [5.74, 6) is 1.22. The molecule has 0 radical (unpaired) electrons. The molecule has 7 nitrogen and oxygen atoms in total. The van der Waals surface area contributed by atoms with Crippen LogP contribution in [0.1, 0.15) is 51.4 Å². The number of carbonyl (C=O) groups is 3. The predicted molar refractivity (Wildman–Crippen MR) is 117 cm³/mol. The number of alkyl halides is 1. The van der Waals surface area contributed by atoms with Crippen LogP contribution >= 0.6 is 34.4 Å². The van der Waals surface area contributed by atoms with Gasteiger partial charge in [0, 0.05) is 30.5 Å². The lowest BCUT2D eigenvalue weighted by molar-refractivity contribution is -0.121. The van der Waals surface area contributed by atoms with Gasteiger partial charge in [-0.15, -0.1) is 0 Å². The lowest BCUT2D eigenvalue weighted by Crippen LogP contribution is -2.36. The van der Waals surface area contributed by atoms with E-state index in [4.69, 9.17) is 0 Å². The Hall–Kier alpha value is -0.710. The van der Waals surface area contributed by atoms with Crippen LogP contribution in [0.15, 0.2) is 0 Å². The van der Waals surface area contributed by atoms with Crippen LogP contribution < -0.4 is 21.3 Å². The van der Waals surface area contributed by atoms with Crippen LogP contribution in [0.4, 0.5) is 4.79 Å². The maximum Gasteiger partial charge on any atom is 0.315 e. The molecule has 0 unspecified atom stereocenters. The quantitative estimate of drug-likeness (QED) is 0.132. The maximum absolute atomic E-state index is 11.9. The molecule has 2 heterocycles. The zero-order valence-corrected chi connectivity index (χ0v) is 18.7. The molecule has 0 aromatic heterocycles. The highest BCUT2D eigenvalue weighted by Crippen LogP contribution is 2.33. The minimum atomic E-state index is -0.0416. The first-order valence-electron chi connectivity index (χ1n) is 9.88. The summed E-state index contributed by atoms with van der Waals surface area (Å²) in [4.78, 5) is 34.3. The number of amides is 4. The van der Waals surface area contributed by atoms with Crippen molar-refractivity contribution in [1.82, 2.24) is 21.3 Å². The molecule has 4 amide bonds. The van der Waals surface area contributed by atoms with E-state index in [9.17, 15) is 14.4 Å². The van der Waals surface area contributed by atoms with E-state index in [0.29, 0.717) is 16.1 Å². The SMILES string of the molecule is O=C(CI)NCCCCCCNC(=O)CCCC[C@@H]1SC[C@@H]2NC(=O)N[C@H]21. The first-order chi connectivity index (χ1) is 13.1. The third-order valence-corrected chi connectivity index (χ3v) is 7.15. The van der Waals surface area contributed by atoms with Gasteiger partial charge in [0.05, 0.1) is 16.5 Å². The number of thioether (sulfide) groups is 1. The van der Waals surface area contributed by atoms with Crippen molar-refractivity contribution in [2.24, 2.45) is 0 Å². The Kier molecular flexibility index (Phi) is 10.6. The summed E-state index contributed by atoms with van der Waals surface area (Å²) >= 11 is 3.98. The molecule has 2 fully saturated rings. The molecule has 0 saturated carbocycles. The molecule has 27 heavy (non-hydrogen) atoms. The number of halogens is 1. The van der Waals surface area contributed by atoms with Gasteiger partial charge in [-0.1, -0.05) is 41.9 Å². The second-order valence-electron chi connectivity index (χ2n) is 7.12. The second-order valence-corrected chi connectivity index (χ2v) is 9.15. The van der Waals surface area contributed by atoms with Gasteiger partial charge >= 0.3 is 6.03 Å². The van der Waals surface area contributed by atoms with Crippen molar-refractivity contribution in [2.45, 2.75) is 68.7 Å². The Morgan fingerprint density at radius 1 is 1.00 bits per heavy atom. The highest BCUT2D eigenvalue weighted by Gasteiger charge is 2.42. The minimum Gasteiger partial charge on any atom is -0.356 e. The molecule has 0 aliphatic carbocycles. The third kappa shape index (κ3) is 8.45. The summed E-state index contributed by atoms with van der Waals surface area (Å²) in [7, 11) is 0. The summed E-state index contributed by atoms with van der Waals surface area (Å²) in [6.07, 6.45) is 7.68. The van der Waals surface area contributed by atoms with E-state index in [1.54, 1.807) is 0 Å². The van der Waals surface area contributed by atoms with Gasteiger partial charge in [0.2, 0.25) is 11.8 Å². The van der Waals surface area contributed by atoms with Crippen LogP contribution in [0.3, 0.4) is 0 Å². The molecule has 2 rings (SSSR count). The first kappa shape index (κ1) is 22.6. The molecule has 3 atom stereocenters. The lowest BCUT2D eigenvalue weighted by atomic mass is 10.0. The molecule has 0 bridgehead atoms. The Labute approximate surface area is 179 Å². The van der Waals surface area contributed by atoms with E-state index in [-0.39, 0.29) is 29.9 Å². The topological polar surface area (TPSA) is 99.3 Å². The van der Waals surface area contributed by atoms with E-state index in [1.165, 1.54) is 0 Å². The summed E-state index contributed by atoms with van der Waals surface area (Å²) in [5, 5.41) is 12.3. The molecule has 4 N–H and O–H groups in total. The molecular formula is C18H31IN4O3S. The monoisotopic (exact) mass is 510 g/mol. The van der Waals surface area contributed by atoms with Gasteiger partial charge in [-0.05, 0) is 25.7 Å². The van der Waals surface area contributed by atoms with Crippen molar-refractivity contribution in [3.8, 4) is 0 Å². The van der Waals surface area contributed by atoms with E-state index < -0.39 is 0 Å². The number of hydrogen-bond donors (Lipinski definition) is 4. The Balaban J connectivity index is 1.39. The van der Waals surface area contributed by atoms with Crippen molar-refractivity contribution in [2.75, 3.05) is 23.3 Å². The van der Waals surface area contributed by atoms with Crippen molar-refractivity contribution >= 4 is 52.2 Å². The zero-order valence-electron chi connectivity index (χ0n) is 15.7. The standard InChI is InChI=1S/C18H31IN4O3S/c19-11-16(25)21-10-6-2-1-5-9-20-15(24)8-4-3-7-14-17-13(12-27-14)22-18(26)23-17/h13-14,17H,1-12H2,(H,20,24)(H,21,25)(H2,22,23,26)/t13-,14-,17+/m0/s1. The Morgan fingerprint density at radius 2 is 1.70 bits per heavy atom. The average Bonchev–Trinajstić information content (AvgIpc) is 3.20. The van der Waals surface area contributed by atoms with Crippen molar-refractivity contribution in [1.29, 1.82) is 0 Å². The summed E-state index contributed by atoms with van der Waals surface area (Å²) in [6.45, 7) is 1.48. The molecule has 0 spiro atoms. The van der Waals surface area contributed by atoms with Crippen LogP contribution in [0.25, 0.3) is 0 Å². The van der Waals surface area contributed by atoms with Crippen LogP contribution in [-0.2, 0) is 9.59 Å². The maximum atomic E-state index is 11.9. The number of nitrogens with one attached hydrogen (secondary N) is 4. The fourth-order valence-corrected chi connectivity index (χ4v) is 5.28. The Bertz CT molecular complexity index is 509. The number of fused-ring (bicyclic) bond motifs is 1. The number of rotatable bonds is 13. The second kappa shape index (κ2) is 12.7. The van der Waals surface area contributed by atoms with Gasteiger partial charge in [0.1, 0.15) is 0 Å². The van der Waals surface area contributed by atoms with Gasteiger partial charge in [-0.25, -0.2) is 4.79 Å². The highest BCUT2D eigenvalue weighted by atomic mass is 127. The molecule has 0 aromatic rings. The van der Waals surface area contributed by atoms with Crippen molar-refractivity contribution < 1.29 is 14.4 Å². The Morgan fingerprint density at radius 3 is 2.41 bits per heavy atom. The minimum absolute atomic E-state index is 0.0416. The average molecular weight is 510 g/mol. The molecular weight excluding hydrogens is 479 g/mol. The van der Waals surface area contributed by atoms with Crippen LogP contribution in [0.5, 0.6) is 0 Å². The number of unbranched alkanes of at least 4 members (excludes halogenated alkanes) is 4. The molecule has 9 heteroatoms. The van der Waals surface area contributed by atoms with Gasteiger partial charge < -0.3 is 21.3 Å². The lowest BCUT2D eigenvalue weighted by Gasteiger charge is -2.16. The summed E-state index contributed by atoms with van der Waals surface area (Å²) in [6, 6.07) is 0.490. The zero-order chi connectivity index (χ0) is 19.5. The fourth-order valence-electron chi connectivity index (χ4n) is 3.47. The van der Waals surface area contributed by atoms with E-state index >= 15 is 0 Å². The van der Waals surface area contributed by atoms with E-state index in [1.807, 2.05) is 11.8 Å². The van der Waals surface area contributed by atoms with Crippen LogP contribution in [-0.4, -0.2) is 58.4 Å². The third-order valence-electron chi connectivity index (χ3n) is 4.95.